The van der Waals surface area contributed by atoms with Crippen LogP contribution in [0.1, 0.15) is 5.56 Å². The lowest BCUT2D eigenvalue weighted by molar-refractivity contribution is -0.385. The van der Waals surface area contributed by atoms with Crippen LogP contribution in [0.4, 0.5) is 11.4 Å². The largest absolute Gasteiger partial charge is 0.476 e. The third-order valence-electron chi connectivity index (χ3n) is 6.38. The highest BCUT2D eigenvalue weighted by molar-refractivity contribution is 9.10. The van der Waals surface area contributed by atoms with Crippen molar-refractivity contribution in [2.75, 3.05) is 11.9 Å². The Morgan fingerprint density at radius 3 is 2.58 bits per heavy atom. The Bertz CT molecular complexity index is 2070. The number of nitrogens with zero attached hydrogens (tertiary/aromatic N) is 4. The molecule has 0 fully saturated rings. The fraction of sp³-hybridized carbons (Fsp3) is 0.0323. The second kappa shape index (κ2) is 11.7. The Hall–Kier alpha value is -5.62. The van der Waals surface area contributed by atoms with E-state index in [0.29, 0.717) is 32.4 Å². The van der Waals surface area contributed by atoms with Crippen LogP contribution in [0.15, 0.2) is 116 Å². The van der Waals surface area contributed by atoms with E-state index in [2.05, 4.69) is 31.3 Å². The Morgan fingerprint density at radius 1 is 1.05 bits per heavy atom. The van der Waals surface area contributed by atoms with E-state index in [1.54, 1.807) is 66.7 Å². The maximum atomic E-state index is 13.6. The molecule has 0 saturated heterocycles. The summed E-state index contributed by atoms with van der Waals surface area (Å²) in [5, 5.41) is 20.1. The van der Waals surface area contributed by atoms with Crippen molar-refractivity contribution in [1.29, 1.82) is 0 Å². The molecule has 0 atom stereocenters. The summed E-state index contributed by atoms with van der Waals surface area (Å²) in [5.41, 5.74) is 0.855. The molecule has 0 unspecified atom stereocenters. The molecule has 2 aromatic heterocycles. The molecular formula is C31H20BrN5O6. The lowest BCUT2D eigenvalue weighted by atomic mass is 10.2. The van der Waals surface area contributed by atoms with E-state index in [-0.39, 0.29) is 17.1 Å². The number of carbonyl (C=O) groups excluding carboxylic acids is 1. The summed E-state index contributed by atoms with van der Waals surface area (Å²) >= 11 is 3.29. The van der Waals surface area contributed by atoms with Crippen LogP contribution in [0.3, 0.4) is 0 Å². The van der Waals surface area contributed by atoms with Crippen molar-refractivity contribution in [3.05, 3.63) is 128 Å². The number of furan rings is 1. The Morgan fingerprint density at radius 2 is 1.79 bits per heavy atom. The van der Waals surface area contributed by atoms with E-state index in [1.807, 2.05) is 18.2 Å². The van der Waals surface area contributed by atoms with Crippen molar-refractivity contribution in [3.8, 4) is 17.3 Å². The highest BCUT2D eigenvalue weighted by Crippen LogP contribution is 2.34. The first-order valence-electron chi connectivity index (χ1n) is 12.9. The zero-order valence-corrected chi connectivity index (χ0v) is 23.7. The number of nitro benzene ring substituents is 1. The van der Waals surface area contributed by atoms with Crippen molar-refractivity contribution in [1.82, 2.24) is 9.66 Å². The number of fused-ring (bicyclic) bond motifs is 2. The van der Waals surface area contributed by atoms with Crippen LogP contribution in [0, 0.1) is 10.1 Å². The number of para-hydroxylation sites is 3. The number of anilines is 1. The van der Waals surface area contributed by atoms with Crippen LogP contribution in [0.5, 0.6) is 5.75 Å². The molecule has 0 bridgehead atoms. The van der Waals surface area contributed by atoms with Gasteiger partial charge in [0.2, 0.25) is 11.6 Å². The van der Waals surface area contributed by atoms with Gasteiger partial charge in [0, 0.05) is 27.2 Å². The van der Waals surface area contributed by atoms with Crippen molar-refractivity contribution in [3.63, 3.8) is 0 Å². The van der Waals surface area contributed by atoms with Crippen molar-refractivity contribution < 1.29 is 18.9 Å². The molecule has 43 heavy (non-hydrogen) atoms. The smallest absolute Gasteiger partial charge is 0.312 e. The standard InChI is InChI=1S/C31H20BrN5O6/c32-21-14-20(29(25(16-21)37(40)41)42-18-28(38)34-22-9-2-1-3-10-22)17-33-36-30(27-15-19-8-4-7-13-26(19)43-27)35-24-12-6-5-11-23(24)31(36)39/h1-17H,18H2,(H,34,38). The molecule has 6 rings (SSSR count). The van der Waals surface area contributed by atoms with Gasteiger partial charge >= 0.3 is 5.69 Å². The Labute approximate surface area is 251 Å². The van der Waals surface area contributed by atoms with Gasteiger partial charge in [-0.3, -0.25) is 19.7 Å². The second-order valence-electron chi connectivity index (χ2n) is 9.27. The van der Waals surface area contributed by atoms with Crippen LogP contribution >= 0.6 is 15.9 Å². The quantitative estimate of drug-likeness (QED) is 0.116. The van der Waals surface area contributed by atoms with Crippen molar-refractivity contribution in [2.24, 2.45) is 5.10 Å². The second-order valence-corrected chi connectivity index (χ2v) is 10.2. The highest BCUT2D eigenvalue weighted by Gasteiger charge is 2.22. The van der Waals surface area contributed by atoms with Gasteiger partial charge in [0.15, 0.2) is 12.4 Å². The van der Waals surface area contributed by atoms with E-state index >= 15 is 0 Å². The third kappa shape index (κ3) is 5.76. The molecule has 0 spiro atoms. The van der Waals surface area contributed by atoms with Gasteiger partial charge in [0.1, 0.15) is 5.58 Å². The zero-order valence-electron chi connectivity index (χ0n) is 22.1. The molecule has 0 aliphatic carbocycles. The summed E-state index contributed by atoms with van der Waals surface area (Å²) in [5.74, 6) is -0.290. The van der Waals surface area contributed by atoms with Gasteiger partial charge in [0.05, 0.1) is 22.0 Å². The van der Waals surface area contributed by atoms with Gasteiger partial charge in [-0.2, -0.15) is 9.78 Å². The first kappa shape index (κ1) is 27.5. The number of amides is 1. The predicted octanol–water partition coefficient (Wildman–Crippen LogP) is 6.38. The van der Waals surface area contributed by atoms with E-state index in [0.717, 1.165) is 10.1 Å². The minimum atomic E-state index is -0.629. The average molecular weight is 638 g/mol. The van der Waals surface area contributed by atoms with Crippen LogP contribution in [0.25, 0.3) is 33.5 Å². The topological polar surface area (TPSA) is 142 Å². The lowest BCUT2D eigenvalue weighted by Gasteiger charge is -2.11. The monoisotopic (exact) mass is 637 g/mol. The number of benzene rings is 4. The fourth-order valence-corrected chi connectivity index (χ4v) is 4.91. The Kier molecular flexibility index (Phi) is 7.50. The summed E-state index contributed by atoms with van der Waals surface area (Å²) in [6, 6.07) is 27.4. The first-order valence-corrected chi connectivity index (χ1v) is 13.7. The average Bonchev–Trinajstić information content (AvgIpc) is 3.44. The maximum Gasteiger partial charge on any atom is 0.312 e. The minimum absolute atomic E-state index is 0.130. The van der Waals surface area contributed by atoms with Crippen LogP contribution in [-0.2, 0) is 4.79 Å². The molecule has 1 N–H and O–H groups in total. The molecule has 0 saturated carbocycles. The third-order valence-corrected chi connectivity index (χ3v) is 6.83. The summed E-state index contributed by atoms with van der Waals surface area (Å²) in [6.45, 7) is -0.514. The molecule has 0 aliphatic rings. The summed E-state index contributed by atoms with van der Waals surface area (Å²) < 4.78 is 13.1. The molecule has 0 radical (unpaired) electrons. The van der Waals surface area contributed by atoms with Crippen LogP contribution < -0.4 is 15.6 Å². The number of hydrogen-bond acceptors (Lipinski definition) is 8. The molecule has 212 valence electrons. The number of ether oxygens (including phenoxy) is 1. The summed E-state index contributed by atoms with van der Waals surface area (Å²) in [4.78, 5) is 42.2. The summed E-state index contributed by atoms with van der Waals surface area (Å²) in [6.07, 6.45) is 1.24. The number of carbonyl (C=O) groups is 1. The molecule has 6 aromatic rings. The van der Waals surface area contributed by atoms with E-state index in [9.17, 15) is 19.7 Å². The molecular weight excluding hydrogens is 618 g/mol. The number of hydrogen-bond donors (Lipinski definition) is 1. The lowest BCUT2D eigenvalue weighted by Crippen LogP contribution is -2.21. The summed E-state index contributed by atoms with van der Waals surface area (Å²) in [7, 11) is 0. The molecule has 4 aromatic carbocycles. The SMILES string of the molecule is O=C(COc1c(C=Nn2c(-c3cc4ccccc4o3)nc3ccccc3c2=O)cc(Br)cc1[N+](=O)[O-])Nc1ccccc1. The molecule has 2 heterocycles. The Balaban J connectivity index is 1.43. The molecule has 12 heteroatoms. The van der Waals surface area contributed by atoms with E-state index in [1.165, 1.54) is 18.3 Å². The maximum absolute atomic E-state index is 13.6. The van der Waals surface area contributed by atoms with Gasteiger partial charge in [-0.15, -0.1) is 0 Å². The number of rotatable bonds is 8. The highest BCUT2D eigenvalue weighted by atomic mass is 79.9. The number of nitro groups is 1. The van der Waals surface area contributed by atoms with E-state index in [4.69, 9.17) is 9.15 Å². The van der Waals surface area contributed by atoms with Gasteiger partial charge in [0.25, 0.3) is 11.5 Å². The number of halogens is 1. The van der Waals surface area contributed by atoms with Crippen molar-refractivity contribution >= 4 is 61.3 Å². The first-order chi connectivity index (χ1) is 20.9. The molecule has 1 amide bonds. The van der Waals surface area contributed by atoms with Gasteiger partial charge in [-0.1, -0.05) is 64.5 Å². The molecule has 0 aliphatic heterocycles. The fourth-order valence-electron chi connectivity index (χ4n) is 4.45. The minimum Gasteiger partial charge on any atom is -0.476 e. The number of aromatic nitrogens is 2. The zero-order chi connectivity index (χ0) is 29.9. The molecule has 11 nitrogen and oxygen atoms in total. The predicted molar refractivity (Wildman–Crippen MR) is 166 cm³/mol. The van der Waals surface area contributed by atoms with Crippen molar-refractivity contribution in [2.45, 2.75) is 0 Å². The van der Waals surface area contributed by atoms with E-state index < -0.39 is 28.7 Å². The normalized spacial score (nSPS) is 11.3. The van der Waals surface area contributed by atoms with Gasteiger partial charge in [-0.05, 0) is 42.5 Å². The van der Waals surface area contributed by atoms with Gasteiger partial charge in [-0.25, -0.2) is 4.98 Å². The van der Waals surface area contributed by atoms with Crippen LogP contribution in [-0.4, -0.2) is 33.3 Å². The van der Waals surface area contributed by atoms with Crippen LogP contribution in [0.2, 0.25) is 0 Å². The number of nitrogens with one attached hydrogen (secondary N) is 1. The van der Waals surface area contributed by atoms with Gasteiger partial charge < -0.3 is 14.5 Å².